The molecule has 0 bridgehead atoms. The van der Waals surface area contributed by atoms with Gasteiger partial charge in [0.2, 0.25) is 0 Å². The van der Waals surface area contributed by atoms with Gasteiger partial charge in [-0.15, -0.1) is 0 Å². The average Bonchev–Trinajstić information content (AvgIpc) is 1.80. The predicted molar refractivity (Wildman–Crippen MR) is 33.8 cm³/mol. The third-order valence-corrected chi connectivity index (χ3v) is 1.28. The van der Waals surface area contributed by atoms with E-state index in [4.69, 9.17) is 15.9 Å². The molecule has 0 unspecified atom stereocenters. The number of hydrogen-bond acceptors (Lipinski definition) is 3. The van der Waals surface area contributed by atoms with E-state index >= 15 is 0 Å². The highest BCUT2D eigenvalue weighted by molar-refractivity contribution is 5.23. The van der Waals surface area contributed by atoms with Gasteiger partial charge in [-0.05, 0) is 6.42 Å². The highest BCUT2D eigenvalue weighted by Crippen LogP contribution is 2.16. The molecule has 3 nitrogen and oxygen atoms in total. The van der Waals surface area contributed by atoms with Gasteiger partial charge in [0.15, 0.2) is 0 Å². The second kappa shape index (κ2) is 2.01. The molecule has 0 amide bonds. The highest BCUT2D eigenvalue weighted by Gasteiger charge is 2.07. The Morgan fingerprint density at radius 1 is 1.33 bits per heavy atom. The Morgan fingerprint density at radius 2 is 2.00 bits per heavy atom. The third kappa shape index (κ3) is 1.16. The lowest BCUT2D eigenvalue weighted by Gasteiger charge is -2.08. The molecule has 0 saturated carbocycles. The number of nitrogens with two attached hydrogens (primary N) is 1. The van der Waals surface area contributed by atoms with Crippen LogP contribution in [0.4, 0.5) is 0 Å². The van der Waals surface area contributed by atoms with E-state index in [2.05, 4.69) is 0 Å². The van der Waals surface area contributed by atoms with E-state index < -0.39 is 0 Å². The van der Waals surface area contributed by atoms with Crippen LogP contribution in [-0.2, 0) is 0 Å². The summed E-state index contributed by atoms with van der Waals surface area (Å²) in [6, 6.07) is 0. The van der Waals surface area contributed by atoms with Crippen LogP contribution in [0.5, 0.6) is 0 Å². The van der Waals surface area contributed by atoms with Gasteiger partial charge in [0.25, 0.3) is 0 Å². The van der Waals surface area contributed by atoms with E-state index in [1.807, 2.05) is 0 Å². The zero-order valence-corrected chi connectivity index (χ0v) is 4.96. The lowest BCUT2D eigenvalue weighted by molar-refractivity contribution is 0.357. The Bertz CT molecular complexity index is 181. The smallest absolute Gasteiger partial charge is 0.137 e. The molecule has 0 atom stereocenters. The summed E-state index contributed by atoms with van der Waals surface area (Å²) >= 11 is 0. The van der Waals surface area contributed by atoms with Crippen LogP contribution in [-0.4, -0.2) is 10.2 Å². The minimum atomic E-state index is -0.00116. The molecule has 1 aliphatic rings. The molecule has 0 spiro atoms. The normalized spacial score (nSPS) is 19.8. The zero-order chi connectivity index (χ0) is 6.85. The van der Waals surface area contributed by atoms with Crippen molar-refractivity contribution in [3.63, 3.8) is 0 Å². The Balaban J connectivity index is 2.83. The van der Waals surface area contributed by atoms with Crippen LogP contribution in [0.2, 0.25) is 0 Å². The number of hydrogen-bond donors (Lipinski definition) is 3. The fraction of sp³-hybridized carbons (Fsp3) is 0.333. The Kier molecular flexibility index (Phi) is 1.34. The highest BCUT2D eigenvalue weighted by atomic mass is 16.3. The Labute approximate surface area is 53.1 Å². The molecule has 0 aromatic carbocycles. The maximum atomic E-state index is 8.87. The van der Waals surface area contributed by atoms with Crippen molar-refractivity contribution in [3.05, 3.63) is 23.3 Å². The first-order chi connectivity index (χ1) is 4.20. The van der Waals surface area contributed by atoms with Crippen molar-refractivity contribution < 1.29 is 10.2 Å². The molecule has 0 fully saturated rings. The summed E-state index contributed by atoms with van der Waals surface area (Å²) in [6.07, 6.45) is 2.36. The van der Waals surface area contributed by atoms with Crippen molar-refractivity contribution in [1.82, 2.24) is 0 Å². The molecule has 50 valence electrons. The number of aliphatic hydroxyl groups is 2. The van der Waals surface area contributed by atoms with Gasteiger partial charge in [0.05, 0.1) is 11.5 Å². The van der Waals surface area contributed by atoms with Crippen molar-refractivity contribution in [2.24, 2.45) is 5.73 Å². The van der Waals surface area contributed by atoms with Gasteiger partial charge in [0, 0.05) is 12.5 Å². The quantitative estimate of drug-likeness (QED) is 0.454. The molecule has 9 heavy (non-hydrogen) atoms. The molecule has 3 heteroatoms. The van der Waals surface area contributed by atoms with E-state index in [1.165, 1.54) is 6.08 Å². The Hall–Kier alpha value is -1.12. The van der Waals surface area contributed by atoms with E-state index in [0.29, 0.717) is 18.5 Å². The molecular formula is C6H9NO2. The van der Waals surface area contributed by atoms with Crippen LogP contribution < -0.4 is 5.73 Å². The zero-order valence-electron chi connectivity index (χ0n) is 4.96. The summed E-state index contributed by atoms with van der Waals surface area (Å²) in [4.78, 5) is 0. The van der Waals surface area contributed by atoms with Gasteiger partial charge in [-0.1, -0.05) is 0 Å². The molecule has 0 aromatic rings. The standard InChI is InChI=1S/C6H9NO2/c7-5-2-1-4(8)3-6(5)9/h3,8-9H,1-2,7H2. The first-order valence-electron chi connectivity index (χ1n) is 2.77. The van der Waals surface area contributed by atoms with Crippen LogP contribution in [0, 0.1) is 0 Å². The molecule has 0 saturated heterocycles. The topological polar surface area (TPSA) is 66.5 Å². The predicted octanol–water partition coefficient (Wildman–Crippen LogP) is 0.950. The van der Waals surface area contributed by atoms with Gasteiger partial charge in [0.1, 0.15) is 5.76 Å². The Morgan fingerprint density at radius 3 is 2.44 bits per heavy atom. The molecular weight excluding hydrogens is 118 g/mol. The van der Waals surface area contributed by atoms with Crippen molar-refractivity contribution in [2.75, 3.05) is 0 Å². The number of aliphatic hydroxyl groups excluding tert-OH is 2. The first kappa shape index (κ1) is 6.01. The summed E-state index contributed by atoms with van der Waals surface area (Å²) in [7, 11) is 0. The maximum Gasteiger partial charge on any atom is 0.137 e. The number of rotatable bonds is 0. The van der Waals surface area contributed by atoms with Crippen LogP contribution in [0.15, 0.2) is 23.3 Å². The van der Waals surface area contributed by atoms with Crippen LogP contribution in [0.1, 0.15) is 12.8 Å². The molecule has 0 heterocycles. The van der Waals surface area contributed by atoms with Crippen molar-refractivity contribution in [1.29, 1.82) is 0 Å². The maximum absolute atomic E-state index is 8.87. The minimum absolute atomic E-state index is 0.00116. The number of allylic oxidation sites excluding steroid dienone is 3. The lowest BCUT2D eigenvalue weighted by atomic mass is 10.1. The summed E-state index contributed by atoms with van der Waals surface area (Å²) < 4.78 is 0. The van der Waals surface area contributed by atoms with Crippen LogP contribution in [0.3, 0.4) is 0 Å². The fourth-order valence-corrected chi connectivity index (χ4v) is 0.713. The van der Waals surface area contributed by atoms with E-state index in [0.717, 1.165) is 0 Å². The second-order valence-corrected chi connectivity index (χ2v) is 2.05. The minimum Gasteiger partial charge on any atom is -0.512 e. The van der Waals surface area contributed by atoms with E-state index in [1.54, 1.807) is 0 Å². The van der Waals surface area contributed by atoms with Gasteiger partial charge < -0.3 is 15.9 Å². The van der Waals surface area contributed by atoms with E-state index in [-0.39, 0.29) is 11.5 Å². The summed E-state index contributed by atoms with van der Waals surface area (Å²) in [6.45, 7) is 0. The molecule has 0 aromatic heterocycles. The lowest BCUT2D eigenvalue weighted by Crippen LogP contribution is -2.06. The molecule has 4 N–H and O–H groups in total. The molecule has 1 aliphatic carbocycles. The molecule has 0 radical (unpaired) electrons. The first-order valence-corrected chi connectivity index (χ1v) is 2.77. The van der Waals surface area contributed by atoms with E-state index in [9.17, 15) is 0 Å². The third-order valence-electron chi connectivity index (χ3n) is 1.28. The average molecular weight is 127 g/mol. The van der Waals surface area contributed by atoms with Gasteiger partial charge in [-0.25, -0.2) is 0 Å². The van der Waals surface area contributed by atoms with Crippen molar-refractivity contribution in [3.8, 4) is 0 Å². The largest absolute Gasteiger partial charge is 0.512 e. The van der Waals surface area contributed by atoms with Crippen LogP contribution in [0.25, 0.3) is 0 Å². The second-order valence-electron chi connectivity index (χ2n) is 2.05. The van der Waals surface area contributed by atoms with Crippen LogP contribution >= 0.6 is 0 Å². The molecule has 0 aliphatic heterocycles. The van der Waals surface area contributed by atoms with Gasteiger partial charge >= 0.3 is 0 Å². The molecule has 1 rings (SSSR count). The summed E-state index contributed by atoms with van der Waals surface area (Å²) in [5.74, 6) is 0.195. The van der Waals surface area contributed by atoms with Crippen molar-refractivity contribution >= 4 is 0 Å². The summed E-state index contributed by atoms with van der Waals surface area (Å²) in [5.41, 5.74) is 5.77. The van der Waals surface area contributed by atoms with Gasteiger partial charge in [-0.3, -0.25) is 0 Å². The monoisotopic (exact) mass is 127 g/mol. The van der Waals surface area contributed by atoms with Gasteiger partial charge in [-0.2, -0.15) is 0 Å². The summed E-state index contributed by atoms with van der Waals surface area (Å²) in [5, 5.41) is 17.7. The SMILES string of the molecule is NC1=C(O)C=C(O)CC1. The fourth-order valence-electron chi connectivity index (χ4n) is 0.713. The van der Waals surface area contributed by atoms with Crippen molar-refractivity contribution in [2.45, 2.75) is 12.8 Å².